The first-order valence-corrected chi connectivity index (χ1v) is 5.47. The fraction of sp³-hybridized carbons (Fsp3) is 0.545. The highest BCUT2D eigenvalue weighted by atomic mass is 16.3. The Bertz CT molecular complexity index is 347. The standard InChI is InChI=1S/C11H18N2O3/c12-10(15)6-4-2-1-3-5-8-11(16)9(14)7-13-8/h7,13-14,16H,1-6H2,(H2,12,15). The Labute approximate surface area is 94.3 Å². The Morgan fingerprint density at radius 2 is 1.94 bits per heavy atom. The van der Waals surface area contributed by atoms with Gasteiger partial charge in [0.1, 0.15) is 0 Å². The van der Waals surface area contributed by atoms with E-state index in [0.29, 0.717) is 18.5 Å². The quantitative estimate of drug-likeness (QED) is 0.529. The van der Waals surface area contributed by atoms with Crippen molar-refractivity contribution in [2.24, 2.45) is 5.73 Å². The van der Waals surface area contributed by atoms with E-state index in [1.165, 1.54) is 6.20 Å². The van der Waals surface area contributed by atoms with Gasteiger partial charge in [-0.25, -0.2) is 0 Å². The van der Waals surface area contributed by atoms with Crippen LogP contribution in [-0.2, 0) is 11.2 Å². The normalized spacial score (nSPS) is 10.5. The summed E-state index contributed by atoms with van der Waals surface area (Å²) in [5.41, 5.74) is 5.68. The summed E-state index contributed by atoms with van der Waals surface area (Å²) in [6.45, 7) is 0. The van der Waals surface area contributed by atoms with Crippen LogP contribution in [0.5, 0.6) is 11.5 Å². The minimum Gasteiger partial charge on any atom is -0.503 e. The average molecular weight is 226 g/mol. The van der Waals surface area contributed by atoms with Gasteiger partial charge in [-0.1, -0.05) is 12.8 Å². The molecule has 5 heteroatoms. The Balaban J connectivity index is 2.12. The Morgan fingerprint density at radius 1 is 1.25 bits per heavy atom. The average Bonchev–Trinajstić information content (AvgIpc) is 2.54. The number of hydrogen-bond donors (Lipinski definition) is 4. The summed E-state index contributed by atoms with van der Waals surface area (Å²) in [5, 5.41) is 18.5. The molecular weight excluding hydrogens is 208 g/mol. The van der Waals surface area contributed by atoms with Crippen LogP contribution in [-0.4, -0.2) is 21.1 Å². The molecule has 1 aromatic rings. The highest BCUT2D eigenvalue weighted by molar-refractivity contribution is 5.73. The van der Waals surface area contributed by atoms with E-state index in [-0.39, 0.29) is 17.4 Å². The van der Waals surface area contributed by atoms with Gasteiger partial charge < -0.3 is 20.9 Å². The third-order valence-electron chi connectivity index (χ3n) is 2.51. The van der Waals surface area contributed by atoms with Gasteiger partial charge in [0.25, 0.3) is 0 Å². The second-order valence-corrected chi connectivity index (χ2v) is 3.88. The van der Waals surface area contributed by atoms with Crippen LogP contribution in [0.15, 0.2) is 6.20 Å². The topological polar surface area (TPSA) is 99.3 Å². The van der Waals surface area contributed by atoms with Crippen LogP contribution in [0.2, 0.25) is 0 Å². The molecule has 0 saturated heterocycles. The first kappa shape index (κ1) is 12.4. The number of carbonyl (C=O) groups is 1. The molecule has 90 valence electrons. The smallest absolute Gasteiger partial charge is 0.217 e. The van der Waals surface area contributed by atoms with Crippen molar-refractivity contribution >= 4 is 5.91 Å². The Hall–Kier alpha value is -1.65. The van der Waals surface area contributed by atoms with Gasteiger partial charge in [-0.05, 0) is 19.3 Å². The maximum absolute atomic E-state index is 10.5. The van der Waals surface area contributed by atoms with Crippen LogP contribution in [0, 0.1) is 0 Å². The highest BCUT2D eigenvalue weighted by Gasteiger charge is 2.07. The first-order valence-electron chi connectivity index (χ1n) is 5.47. The number of rotatable bonds is 7. The molecule has 0 atom stereocenters. The van der Waals surface area contributed by atoms with E-state index >= 15 is 0 Å². The molecule has 1 rings (SSSR count). The second kappa shape index (κ2) is 6.05. The van der Waals surface area contributed by atoms with Crippen molar-refractivity contribution in [1.82, 2.24) is 4.98 Å². The number of hydrogen-bond acceptors (Lipinski definition) is 3. The number of aromatic nitrogens is 1. The van der Waals surface area contributed by atoms with Gasteiger partial charge >= 0.3 is 0 Å². The van der Waals surface area contributed by atoms with Crippen molar-refractivity contribution in [1.29, 1.82) is 0 Å². The number of amides is 1. The van der Waals surface area contributed by atoms with Crippen LogP contribution >= 0.6 is 0 Å². The molecule has 1 aromatic heterocycles. The summed E-state index contributed by atoms with van der Waals surface area (Å²) in [4.78, 5) is 13.3. The van der Waals surface area contributed by atoms with E-state index in [2.05, 4.69) is 4.98 Å². The maximum Gasteiger partial charge on any atom is 0.217 e. The monoisotopic (exact) mass is 226 g/mol. The summed E-state index contributed by atoms with van der Waals surface area (Å²) in [6, 6.07) is 0. The van der Waals surface area contributed by atoms with Gasteiger partial charge in [0.15, 0.2) is 11.5 Å². The molecule has 0 unspecified atom stereocenters. The fourth-order valence-electron chi connectivity index (χ4n) is 1.59. The van der Waals surface area contributed by atoms with Crippen molar-refractivity contribution in [2.75, 3.05) is 0 Å². The number of aryl methyl sites for hydroxylation is 1. The zero-order valence-corrected chi connectivity index (χ0v) is 9.20. The van der Waals surface area contributed by atoms with E-state index in [9.17, 15) is 9.90 Å². The van der Waals surface area contributed by atoms with Gasteiger partial charge in [-0.2, -0.15) is 0 Å². The molecule has 1 heterocycles. The Morgan fingerprint density at radius 3 is 2.50 bits per heavy atom. The van der Waals surface area contributed by atoms with Crippen LogP contribution in [0.4, 0.5) is 0 Å². The van der Waals surface area contributed by atoms with Crippen molar-refractivity contribution in [3.8, 4) is 11.5 Å². The SMILES string of the molecule is NC(=O)CCCCCCc1[nH]cc(O)c1O. The van der Waals surface area contributed by atoms with Crippen LogP contribution in [0.3, 0.4) is 0 Å². The molecule has 0 aromatic carbocycles. The number of primary amides is 1. The third kappa shape index (κ3) is 3.84. The number of aromatic hydroxyl groups is 2. The molecule has 1 amide bonds. The van der Waals surface area contributed by atoms with Crippen molar-refractivity contribution < 1.29 is 15.0 Å². The van der Waals surface area contributed by atoms with Crippen LogP contribution in [0.1, 0.15) is 37.8 Å². The largest absolute Gasteiger partial charge is 0.503 e. The van der Waals surface area contributed by atoms with Gasteiger partial charge in [0, 0.05) is 12.6 Å². The van der Waals surface area contributed by atoms with E-state index in [4.69, 9.17) is 10.8 Å². The lowest BCUT2D eigenvalue weighted by Gasteiger charge is -2.00. The van der Waals surface area contributed by atoms with E-state index in [1.807, 2.05) is 0 Å². The maximum atomic E-state index is 10.5. The third-order valence-corrected chi connectivity index (χ3v) is 2.51. The number of nitrogens with two attached hydrogens (primary N) is 1. The van der Waals surface area contributed by atoms with Crippen molar-refractivity contribution in [3.63, 3.8) is 0 Å². The zero-order valence-electron chi connectivity index (χ0n) is 9.20. The number of unbranched alkanes of at least 4 members (excludes halogenated alkanes) is 3. The lowest BCUT2D eigenvalue weighted by molar-refractivity contribution is -0.118. The molecule has 0 saturated carbocycles. The zero-order chi connectivity index (χ0) is 12.0. The molecule has 0 aliphatic carbocycles. The second-order valence-electron chi connectivity index (χ2n) is 3.88. The highest BCUT2D eigenvalue weighted by Crippen LogP contribution is 2.29. The van der Waals surface area contributed by atoms with Crippen molar-refractivity contribution in [3.05, 3.63) is 11.9 Å². The minimum atomic E-state index is -0.257. The van der Waals surface area contributed by atoms with E-state index in [1.54, 1.807) is 0 Å². The molecule has 5 nitrogen and oxygen atoms in total. The fourth-order valence-corrected chi connectivity index (χ4v) is 1.59. The van der Waals surface area contributed by atoms with E-state index in [0.717, 1.165) is 25.7 Å². The Kier molecular flexibility index (Phi) is 4.69. The number of aromatic amines is 1. The van der Waals surface area contributed by atoms with Gasteiger partial charge in [0.2, 0.25) is 5.91 Å². The summed E-state index contributed by atoms with van der Waals surface area (Å²) < 4.78 is 0. The molecule has 0 spiro atoms. The predicted molar refractivity (Wildman–Crippen MR) is 60.1 cm³/mol. The molecule has 0 fully saturated rings. The molecule has 0 radical (unpaired) electrons. The summed E-state index contributed by atoms with van der Waals surface area (Å²) in [7, 11) is 0. The van der Waals surface area contributed by atoms with Gasteiger partial charge in [-0.3, -0.25) is 4.79 Å². The molecule has 0 aliphatic rings. The number of nitrogens with one attached hydrogen (secondary N) is 1. The molecule has 5 N–H and O–H groups in total. The molecule has 0 bridgehead atoms. The summed E-state index contributed by atoms with van der Waals surface area (Å²) in [5.74, 6) is -0.423. The molecule has 16 heavy (non-hydrogen) atoms. The predicted octanol–water partition coefficient (Wildman–Crippen LogP) is 1.40. The lowest BCUT2D eigenvalue weighted by Crippen LogP contribution is -2.09. The summed E-state index contributed by atoms with van der Waals surface area (Å²) in [6.07, 6.45) is 6.17. The van der Waals surface area contributed by atoms with Crippen LogP contribution in [0.25, 0.3) is 0 Å². The van der Waals surface area contributed by atoms with Crippen molar-refractivity contribution in [2.45, 2.75) is 38.5 Å². The molecule has 0 aliphatic heterocycles. The number of carbonyl (C=O) groups excluding carboxylic acids is 1. The van der Waals surface area contributed by atoms with Gasteiger partial charge in [0.05, 0.1) is 5.69 Å². The number of H-pyrrole nitrogens is 1. The summed E-state index contributed by atoms with van der Waals surface area (Å²) >= 11 is 0. The molecular formula is C11H18N2O3. The lowest BCUT2D eigenvalue weighted by atomic mass is 10.1. The minimum absolute atomic E-state index is 0.0582. The van der Waals surface area contributed by atoms with E-state index < -0.39 is 0 Å². The first-order chi connectivity index (χ1) is 7.61. The van der Waals surface area contributed by atoms with Gasteiger partial charge in [-0.15, -0.1) is 0 Å². The van der Waals surface area contributed by atoms with Crippen LogP contribution < -0.4 is 5.73 Å².